The van der Waals surface area contributed by atoms with Gasteiger partial charge in [0.1, 0.15) is 12.4 Å². The Kier molecular flexibility index (Phi) is 7.67. The molecule has 0 aliphatic carbocycles. The maximum Gasteiger partial charge on any atom is 0.338 e. The molecule has 0 amide bonds. The van der Waals surface area contributed by atoms with Gasteiger partial charge >= 0.3 is 5.97 Å². The fourth-order valence-electron chi connectivity index (χ4n) is 3.70. The fourth-order valence-corrected chi connectivity index (χ4v) is 4.52. The van der Waals surface area contributed by atoms with Crippen LogP contribution in [-0.2, 0) is 11.3 Å². The minimum Gasteiger partial charge on any atom is -0.488 e. The average Bonchev–Trinajstić information content (AvgIpc) is 3.20. The first-order valence-electron chi connectivity index (χ1n) is 10.7. The second-order valence-corrected chi connectivity index (χ2v) is 9.39. The number of rotatable bonds is 7. The third kappa shape index (κ3) is 5.33. The Morgan fingerprint density at radius 1 is 1.00 bits per heavy atom. The Labute approximate surface area is 217 Å². The van der Waals surface area contributed by atoms with Gasteiger partial charge in [-0.3, -0.25) is 0 Å². The molecule has 0 fully saturated rings. The number of hydrogen-bond acceptors (Lipinski definition) is 3. The van der Waals surface area contributed by atoms with Crippen LogP contribution in [-0.4, -0.2) is 17.1 Å². The van der Waals surface area contributed by atoms with Gasteiger partial charge in [-0.15, -0.1) is 0 Å². The largest absolute Gasteiger partial charge is 0.488 e. The molecule has 1 heterocycles. The molecule has 4 nitrogen and oxygen atoms in total. The molecule has 0 radical (unpaired) electrons. The number of aryl methyl sites for hydroxylation is 1. The minimum atomic E-state index is -0.345. The number of aromatic nitrogens is 1. The first kappa shape index (κ1) is 24.4. The smallest absolute Gasteiger partial charge is 0.338 e. The van der Waals surface area contributed by atoms with E-state index in [1.165, 1.54) is 0 Å². The van der Waals surface area contributed by atoms with Gasteiger partial charge in [-0.05, 0) is 74.5 Å². The van der Waals surface area contributed by atoms with Crippen molar-refractivity contribution in [3.05, 3.63) is 104 Å². The SMILES string of the molecule is CCOC(=O)c1cccc(-n2c(C)ccc2-c2cc(Br)ccc2OCc2ccc(Cl)cc2Cl)c1. The van der Waals surface area contributed by atoms with E-state index >= 15 is 0 Å². The number of benzene rings is 3. The monoisotopic (exact) mass is 557 g/mol. The van der Waals surface area contributed by atoms with E-state index < -0.39 is 0 Å². The molecule has 4 aromatic rings. The van der Waals surface area contributed by atoms with Crippen LogP contribution in [0.2, 0.25) is 10.0 Å². The second kappa shape index (κ2) is 10.7. The summed E-state index contributed by atoms with van der Waals surface area (Å²) < 4.78 is 14.4. The zero-order chi connectivity index (χ0) is 24.2. The number of nitrogens with zero attached hydrogens (tertiary/aromatic N) is 1. The molecule has 0 unspecified atom stereocenters. The molecule has 3 aromatic carbocycles. The molecule has 0 spiro atoms. The van der Waals surface area contributed by atoms with Crippen LogP contribution in [0, 0.1) is 6.92 Å². The van der Waals surface area contributed by atoms with Crippen LogP contribution in [0.25, 0.3) is 16.9 Å². The molecule has 7 heteroatoms. The van der Waals surface area contributed by atoms with E-state index in [1.54, 1.807) is 25.1 Å². The number of carbonyl (C=O) groups excluding carboxylic acids is 1. The van der Waals surface area contributed by atoms with Gasteiger partial charge in [0.25, 0.3) is 0 Å². The summed E-state index contributed by atoms with van der Waals surface area (Å²) in [6.45, 7) is 4.43. The lowest BCUT2D eigenvalue weighted by atomic mass is 10.1. The topological polar surface area (TPSA) is 40.5 Å². The zero-order valence-corrected chi connectivity index (χ0v) is 21.7. The molecule has 1 aromatic heterocycles. The summed E-state index contributed by atoms with van der Waals surface area (Å²) in [5.74, 6) is 0.358. The molecule has 34 heavy (non-hydrogen) atoms. The van der Waals surface area contributed by atoms with Gasteiger partial charge in [-0.2, -0.15) is 0 Å². The van der Waals surface area contributed by atoms with Crippen molar-refractivity contribution >= 4 is 45.1 Å². The summed E-state index contributed by atoms with van der Waals surface area (Å²) in [7, 11) is 0. The third-order valence-corrected chi connectivity index (χ3v) is 6.39. The molecule has 0 saturated carbocycles. The van der Waals surface area contributed by atoms with Gasteiger partial charge in [-0.1, -0.05) is 51.3 Å². The highest BCUT2D eigenvalue weighted by atomic mass is 79.9. The normalized spacial score (nSPS) is 10.9. The lowest BCUT2D eigenvalue weighted by Gasteiger charge is -2.17. The summed E-state index contributed by atoms with van der Waals surface area (Å²) in [5, 5.41) is 1.14. The van der Waals surface area contributed by atoms with Crippen molar-refractivity contribution in [3.63, 3.8) is 0 Å². The second-order valence-electron chi connectivity index (χ2n) is 7.63. The van der Waals surface area contributed by atoms with Gasteiger partial charge in [0.05, 0.1) is 17.9 Å². The highest BCUT2D eigenvalue weighted by Crippen LogP contribution is 2.36. The Bertz CT molecular complexity index is 1350. The predicted octanol–water partition coefficient (Wildman–Crippen LogP) is 8.28. The van der Waals surface area contributed by atoms with Gasteiger partial charge in [0.15, 0.2) is 0 Å². The number of esters is 1. The summed E-state index contributed by atoms with van der Waals surface area (Å²) in [5.41, 5.74) is 5.04. The highest BCUT2D eigenvalue weighted by Gasteiger charge is 2.17. The van der Waals surface area contributed by atoms with Crippen LogP contribution in [0.4, 0.5) is 0 Å². The third-order valence-electron chi connectivity index (χ3n) is 5.31. The molecule has 0 aliphatic heterocycles. The summed E-state index contributed by atoms with van der Waals surface area (Å²) >= 11 is 15.9. The first-order chi connectivity index (χ1) is 16.4. The van der Waals surface area contributed by atoms with Gasteiger partial charge in [0.2, 0.25) is 0 Å². The van der Waals surface area contributed by atoms with Crippen LogP contribution in [0.15, 0.2) is 77.3 Å². The van der Waals surface area contributed by atoms with E-state index in [1.807, 2.05) is 61.5 Å². The minimum absolute atomic E-state index is 0.294. The molecule has 0 N–H and O–H groups in total. The van der Waals surface area contributed by atoms with E-state index in [0.29, 0.717) is 34.6 Å². The standard InChI is InChI=1S/C27H22BrCl2NO3/c1-3-33-27(32)18-5-4-6-22(13-18)31-17(2)7-11-25(31)23-14-20(28)9-12-26(23)34-16-19-8-10-21(29)15-24(19)30/h4-15H,3,16H2,1-2H3. The van der Waals surface area contributed by atoms with Gasteiger partial charge in [0, 0.05) is 37.0 Å². The maximum atomic E-state index is 12.3. The Balaban J connectivity index is 1.73. The van der Waals surface area contributed by atoms with Crippen molar-refractivity contribution in [2.75, 3.05) is 6.61 Å². The van der Waals surface area contributed by atoms with Crippen molar-refractivity contribution < 1.29 is 14.3 Å². The number of carbonyl (C=O) groups is 1. The summed E-state index contributed by atoms with van der Waals surface area (Å²) in [6.07, 6.45) is 0. The highest BCUT2D eigenvalue weighted by molar-refractivity contribution is 9.10. The maximum absolute atomic E-state index is 12.3. The van der Waals surface area contributed by atoms with Crippen LogP contribution in [0.1, 0.15) is 28.5 Å². The van der Waals surface area contributed by atoms with E-state index in [-0.39, 0.29) is 5.97 Å². The van der Waals surface area contributed by atoms with Crippen molar-refractivity contribution in [1.29, 1.82) is 0 Å². The average molecular weight is 559 g/mol. The van der Waals surface area contributed by atoms with Crippen LogP contribution in [0.5, 0.6) is 5.75 Å². The van der Waals surface area contributed by atoms with Crippen molar-refractivity contribution in [2.24, 2.45) is 0 Å². The van der Waals surface area contributed by atoms with Gasteiger partial charge in [-0.25, -0.2) is 4.79 Å². The fraction of sp³-hybridized carbons (Fsp3) is 0.148. The lowest BCUT2D eigenvalue weighted by molar-refractivity contribution is 0.0526. The Morgan fingerprint density at radius 3 is 2.59 bits per heavy atom. The van der Waals surface area contributed by atoms with E-state index in [9.17, 15) is 4.79 Å². The van der Waals surface area contributed by atoms with E-state index in [4.69, 9.17) is 32.7 Å². The van der Waals surface area contributed by atoms with E-state index in [2.05, 4.69) is 20.5 Å². The zero-order valence-electron chi connectivity index (χ0n) is 18.6. The lowest BCUT2D eigenvalue weighted by Crippen LogP contribution is -2.07. The number of ether oxygens (including phenoxy) is 2. The van der Waals surface area contributed by atoms with Crippen LogP contribution < -0.4 is 4.74 Å². The molecule has 0 saturated heterocycles. The first-order valence-corrected chi connectivity index (χ1v) is 12.2. The molecular formula is C27H22BrCl2NO3. The molecule has 0 atom stereocenters. The molecule has 0 bridgehead atoms. The molecule has 4 rings (SSSR count). The quantitative estimate of drug-likeness (QED) is 0.214. The van der Waals surface area contributed by atoms with Crippen LogP contribution in [0.3, 0.4) is 0 Å². The Morgan fingerprint density at radius 2 is 1.82 bits per heavy atom. The van der Waals surface area contributed by atoms with Crippen molar-refractivity contribution in [2.45, 2.75) is 20.5 Å². The van der Waals surface area contributed by atoms with Crippen molar-refractivity contribution in [1.82, 2.24) is 4.57 Å². The molecular weight excluding hydrogens is 537 g/mol. The van der Waals surface area contributed by atoms with Gasteiger partial charge < -0.3 is 14.0 Å². The van der Waals surface area contributed by atoms with E-state index in [0.717, 1.165) is 32.7 Å². The summed E-state index contributed by atoms with van der Waals surface area (Å²) in [4.78, 5) is 12.3. The summed E-state index contributed by atoms with van der Waals surface area (Å²) in [6, 6.07) is 22.7. The molecule has 174 valence electrons. The number of hydrogen-bond donors (Lipinski definition) is 0. The Hall–Kier alpha value is -2.73. The van der Waals surface area contributed by atoms with Crippen LogP contribution >= 0.6 is 39.1 Å². The predicted molar refractivity (Wildman–Crippen MR) is 140 cm³/mol. The van der Waals surface area contributed by atoms with Crippen molar-refractivity contribution in [3.8, 4) is 22.7 Å². The number of halogens is 3. The molecule has 0 aliphatic rings.